The number of benzene rings is 1. The monoisotopic (exact) mass is 261 g/mol. The van der Waals surface area contributed by atoms with Gasteiger partial charge in [-0.1, -0.05) is 13.3 Å². The summed E-state index contributed by atoms with van der Waals surface area (Å²) in [6.45, 7) is 2.58. The fraction of sp³-hybridized carbons (Fsp3) is 0.400. The zero-order valence-electron chi connectivity index (χ0n) is 8.02. The largest absolute Gasteiger partial charge is 0.489 e. The van der Waals surface area contributed by atoms with Gasteiger partial charge >= 0.3 is 0 Å². The van der Waals surface area contributed by atoms with E-state index in [9.17, 15) is 4.39 Å². The first-order chi connectivity index (χ1) is 6.65. The third kappa shape index (κ3) is 2.87. The summed E-state index contributed by atoms with van der Waals surface area (Å²) in [5.74, 6) is -0.180. The zero-order valence-corrected chi connectivity index (χ0v) is 9.60. The summed E-state index contributed by atoms with van der Waals surface area (Å²) in [7, 11) is 0. The highest BCUT2D eigenvalue weighted by Gasteiger charge is 2.09. The summed E-state index contributed by atoms with van der Waals surface area (Å²) in [5.41, 5.74) is 5.84. The maximum Gasteiger partial charge on any atom is 0.169 e. The molecule has 2 N–H and O–H groups in total. The van der Waals surface area contributed by atoms with Gasteiger partial charge in [0.05, 0.1) is 11.1 Å². The first-order valence-electron chi connectivity index (χ1n) is 4.52. The summed E-state index contributed by atoms with van der Waals surface area (Å²) < 4.78 is 19.2. The standard InChI is InChI=1S/C10H13BrFNO/c1-2-3-4-14-10-8(11)5-7(13)6-9(10)12/h5-6H,2-4,13H2,1H3. The summed E-state index contributed by atoms with van der Waals surface area (Å²) >= 11 is 3.21. The lowest BCUT2D eigenvalue weighted by atomic mass is 10.3. The fourth-order valence-electron chi connectivity index (χ4n) is 1.04. The molecule has 78 valence electrons. The SMILES string of the molecule is CCCCOc1c(F)cc(N)cc1Br. The third-order valence-electron chi connectivity index (χ3n) is 1.76. The Bertz CT molecular complexity index is 294. The average molecular weight is 262 g/mol. The Hall–Kier alpha value is -0.770. The molecular weight excluding hydrogens is 249 g/mol. The molecule has 14 heavy (non-hydrogen) atoms. The van der Waals surface area contributed by atoms with Crippen LogP contribution in [0.3, 0.4) is 0 Å². The van der Waals surface area contributed by atoms with Crippen LogP contribution in [-0.2, 0) is 0 Å². The van der Waals surface area contributed by atoms with Crippen molar-refractivity contribution in [2.75, 3.05) is 12.3 Å². The molecule has 0 saturated heterocycles. The normalized spacial score (nSPS) is 10.2. The molecule has 0 bridgehead atoms. The van der Waals surface area contributed by atoms with Crippen LogP contribution in [0.1, 0.15) is 19.8 Å². The molecule has 1 aromatic rings. The average Bonchev–Trinajstić information content (AvgIpc) is 2.09. The minimum absolute atomic E-state index is 0.243. The lowest BCUT2D eigenvalue weighted by molar-refractivity contribution is 0.292. The highest BCUT2D eigenvalue weighted by molar-refractivity contribution is 9.10. The van der Waals surface area contributed by atoms with Gasteiger partial charge in [0.15, 0.2) is 11.6 Å². The minimum Gasteiger partial charge on any atom is -0.489 e. The Morgan fingerprint density at radius 3 is 2.79 bits per heavy atom. The van der Waals surface area contributed by atoms with Crippen molar-refractivity contribution in [2.45, 2.75) is 19.8 Å². The Morgan fingerprint density at radius 1 is 1.50 bits per heavy atom. The van der Waals surface area contributed by atoms with Crippen LogP contribution >= 0.6 is 15.9 Å². The van der Waals surface area contributed by atoms with E-state index < -0.39 is 5.82 Å². The Morgan fingerprint density at radius 2 is 2.21 bits per heavy atom. The first kappa shape index (κ1) is 11.3. The van der Waals surface area contributed by atoms with Crippen molar-refractivity contribution in [3.05, 3.63) is 22.4 Å². The smallest absolute Gasteiger partial charge is 0.169 e. The van der Waals surface area contributed by atoms with Gasteiger partial charge in [0.1, 0.15) is 0 Å². The van der Waals surface area contributed by atoms with Crippen molar-refractivity contribution < 1.29 is 9.13 Å². The van der Waals surface area contributed by atoms with E-state index in [-0.39, 0.29) is 5.75 Å². The zero-order chi connectivity index (χ0) is 10.6. The van der Waals surface area contributed by atoms with Gasteiger partial charge in [-0.25, -0.2) is 4.39 Å². The maximum atomic E-state index is 13.3. The molecule has 0 aliphatic heterocycles. The quantitative estimate of drug-likeness (QED) is 0.667. The number of unbranched alkanes of at least 4 members (excludes halogenated alkanes) is 1. The lowest BCUT2D eigenvalue weighted by Gasteiger charge is -2.09. The van der Waals surface area contributed by atoms with E-state index in [2.05, 4.69) is 22.9 Å². The van der Waals surface area contributed by atoms with Gasteiger partial charge in [-0.05, 0) is 28.4 Å². The molecule has 2 nitrogen and oxygen atoms in total. The van der Waals surface area contributed by atoms with E-state index in [4.69, 9.17) is 10.5 Å². The molecule has 0 radical (unpaired) electrons. The van der Waals surface area contributed by atoms with E-state index >= 15 is 0 Å². The molecule has 4 heteroatoms. The van der Waals surface area contributed by atoms with Gasteiger partial charge in [-0.15, -0.1) is 0 Å². The molecule has 1 rings (SSSR count). The van der Waals surface area contributed by atoms with Crippen molar-refractivity contribution in [3.8, 4) is 5.75 Å². The van der Waals surface area contributed by atoms with Gasteiger partial charge in [0, 0.05) is 11.8 Å². The van der Waals surface area contributed by atoms with E-state index in [1.807, 2.05) is 0 Å². The molecule has 0 saturated carbocycles. The number of anilines is 1. The molecule has 0 aliphatic rings. The Balaban J connectivity index is 2.75. The lowest BCUT2D eigenvalue weighted by Crippen LogP contribution is -2.00. The fourth-order valence-corrected chi connectivity index (χ4v) is 1.60. The van der Waals surface area contributed by atoms with Crippen LogP contribution in [-0.4, -0.2) is 6.61 Å². The topological polar surface area (TPSA) is 35.2 Å². The second kappa shape index (κ2) is 5.20. The van der Waals surface area contributed by atoms with Gasteiger partial charge < -0.3 is 10.5 Å². The van der Waals surface area contributed by atoms with Gasteiger partial charge in [-0.2, -0.15) is 0 Å². The number of hydrogen-bond donors (Lipinski definition) is 1. The van der Waals surface area contributed by atoms with Crippen molar-refractivity contribution >= 4 is 21.6 Å². The maximum absolute atomic E-state index is 13.3. The summed E-state index contributed by atoms with van der Waals surface area (Å²) in [5, 5.41) is 0. The molecular formula is C10H13BrFNO. The molecule has 0 unspecified atom stereocenters. The molecule has 0 atom stereocenters. The number of hydrogen-bond acceptors (Lipinski definition) is 2. The Kier molecular flexibility index (Phi) is 4.20. The predicted molar refractivity (Wildman–Crippen MR) is 58.9 cm³/mol. The summed E-state index contributed by atoms with van der Waals surface area (Å²) in [4.78, 5) is 0. The molecule has 0 heterocycles. The van der Waals surface area contributed by atoms with Crippen LogP contribution in [0, 0.1) is 5.82 Å². The number of halogens is 2. The summed E-state index contributed by atoms with van der Waals surface area (Å²) in [6.07, 6.45) is 1.93. The van der Waals surface area contributed by atoms with E-state index in [1.54, 1.807) is 6.07 Å². The molecule has 1 aromatic carbocycles. The predicted octanol–water partition coefficient (Wildman–Crippen LogP) is 3.35. The summed E-state index contributed by atoms with van der Waals surface area (Å²) in [6, 6.07) is 2.89. The van der Waals surface area contributed by atoms with Crippen molar-refractivity contribution in [1.29, 1.82) is 0 Å². The van der Waals surface area contributed by atoms with Gasteiger partial charge in [0.2, 0.25) is 0 Å². The number of nitrogen functional groups attached to an aromatic ring is 1. The van der Waals surface area contributed by atoms with Crippen molar-refractivity contribution in [2.24, 2.45) is 0 Å². The van der Waals surface area contributed by atoms with Crippen LogP contribution in [0.15, 0.2) is 16.6 Å². The van der Waals surface area contributed by atoms with E-state index in [0.29, 0.717) is 16.8 Å². The van der Waals surface area contributed by atoms with Crippen molar-refractivity contribution in [1.82, 2.24) is 0 Å². The van der Waals surface area contributed by atoms with Crippen LogP contribution in [0.5, 0.6) is 5.75 Å². The van der Waals surface area contributed by atoms with Gasteiger partial charge in [0.25, 0.3) is 0 Å². The van der Waals surface area contributed by atoms with E-state index in [0.717, 1.165) is 12.8 Å². The second-order valence-electron chi connectivity index (χ2n) is 3.02. The van der Waals surface area contributed by atoms with Crippen LogP contribution in [0.4, 0.5) is 10.1 Å². The highest BCUT2D eigenvalue weighted by Crippen LogP contribution is 2.30. The van der Waals surface area contributed by atoms with Crippen LogP contribution in [0.25, 0.3) is 0 Å². The number of nitrogens with two attached hydrogens (primary N) is 1. The number of ether oxygens (including phenoxy) is 1. The van der Waals surface area contributed by atoms with Crippen molar-refractivity contribution in [3.63, 3.8) is 0 Å². The van der Waals surface area contributed by atoms with E-state index in [1.165, 1.54) is 6.07 Å². The minimum atomic E-state index is -0.423. The Labute approximate surface area is 91.4 Å². The molecule has 0 amide bonds. The van der Waals surface area contributed by atoms with Crippen LogP contribution in [0.2, 0.25) is 0 Å². The van der Waals surface area contributed by atoms with Crippen LogP contribution < -0.4 is 10.5 Å². The molecule has 0 fully saturated rings. The second-order valence-corrected chi connectivity index (χ2v) is 3.87. The van der Waals surface area contributed by atoms with Gasteiger partial charge in [-0.3, -0.25) is 0 Å². The molecule has 0 aliphatic carbocycles. The molecule has 0 spiro atoms. The highest BCUT2D eigenvalue weighted by atomic mass is 79.9. The number of rotatable bonds is 4. The third-order valence-corrected chi connectivity index (χ3v) is 2.35. The first-order valence-corrected chi connectivity index (χ1v) is 5.31. The molecule has 0 aromatic heterocycles.